The summed E-state index contributed by atoms with van der Waals surface area (Å²) in [5.41, 5.74) is 0. The van der Waals surface area contributed by atoms with Gasteiger partial charge in [0.2, 0.25) is 0 Å². The van der Waals surface area contributed by atoms with Crippen molar-refractivity contribution in [2.45, 2.75) is 54.4 Å². The molecule has 0 atom stereocenters. The molecule has 0 spiro atoms. The molecule has 0 aliphatic heterocycles. The van der Waals surface area contributed by atoms with E-state index in [1.807, 2.05) is 41.5 Å². The van der Waals surface area contributed by atoms with E-state index in [4.69, 9.17) is 4.74 Å². The molecular weight excluding hydrogens is 190 g/mol. The van der Waals surface area contributed by atoms with Gasteiger partial charge in [-0.1, -0.05) is 41.5 Å². The molecule has 1 N–H and O–H groups in total. The molecule has 0 unspecified atom stereocenters. The Labute approximate surface area is 95.6 Å². The predicted octanol–water partition coefficient (Wildman–Crippen LogP) is 2.99. The maximum absolute atomic E-state index is 10.8. The first-order valence-electron chi connectivity index (χ1n) is 6.17. The van der Waals surface area contributed by atoms with Crippen molar-refractivity contribution in [2.24, 2.45) is 0 Å². The summed E-state index contributed by atoms with van der Waals surface area (Å²) in [4.78, 5) is 10.8. The summed E-state index contributed by atoms with van der Waals surface area (Å²) in [6, 6.07) is 0. The van der Waals surface area contributed by atoms with Crippen LogP contribution in [0.3, 0.4) is 0 Å². The van der Waals surface area contributed by atoms with Gasteiger partial charge < -0.3 is 10.1 Å². The molecule has 0 aromatic rings. The van der Waals surface area contributed by atoms with Crippen molar-refractivity contribution in [3.8, 4) is 0 Å². The fraction of sp³-hybridized carbons (Fsp3) is 0.917. The number of carbonyl (C=O) groups is 1. The van der Waals surface area contributed by atoms with Crippen LogP contribution < -0.4 is 5.32 Å². The van der Waals surface area contributed by atoms with Crippen LogP contribution >= 0.6 is 0 Å². The number of rotatable bonds is 6. The van der Waals surface area contributed by atoms with Crippen molar-refractivity contribution in [3.63, 3.8) is 0 Å². The number of carbonyl (C=O) groups excluding carboxylic acids is 1. The molecule has 0 radical (unpaired) electrons. The Morgan fingerprint density at radius 1 is 1.13 bits per heavy atom. The number of nitrogens with one attached hydrogen (secondary N) is 1. The fourth-order valence-corrected chi connectivity index (χ4v) is 0.655. The van der Waals surface area contributed by atoms with Gasteiger partial charge in [0.25, 0.3) is 0 Å². The van der Waals surface area contributed by atoms with E-state index in [9.17, 15) is 4.79 Å². The van der Waals surface area contributed by atoms with Gasteiger partial charge in [-0.3, -0.25) is 4.79 Å². The lowest BCUT2D eigenvalue weighted by atomic mass is 10.4. The maximum atomic E-state index is 10.8. The molecular formula is C12H29NO2. The highest BCUT2D eigenvalue weighted by atomic mass is 16.5. The normalized spacial score (nSPS) is 7.87. The van der Waals surface area contributed by atoms with Crippen LogP contribution in [0, 0.1) is 0 Å². The Morgan fingerprint density at radius 2 is 1.67 bits per heavy atom. The van der Waals surface area contributed by atoms with E-state index in [1.165, 1.54) is 0 Å². The lowest BCUT2D eigenvalue weighted by Gasteiger charge is -2.02. The molecule has 0 saturated carbocycles. The van der Waals surface area contributed by atoms with Gasteiger partial charge in [-0.05, 0) is 13.0 Å². The standard InChI is InChI=1S/C8H17NO2.2C2H6/c1-3-7-11-8(10)5-6-9-4-2;2*1-2/h9H,3-7H2,1-2H3;2*1-2H3. The second-order valence-corrected chi connectivity index (χ2v) is 2.32. The van der Waals surface area contributed by atoms with Crippen LogP contribution in [0.25, 0.3) is 0 Å². The summed E-state index contributed by atoms with van der Waals surface area (Å²) in [6.07, 6.45) is 1.38. The number of esters is 1. The first-order chi connectivity index (χ1) is 7.31. The molecule has 0 fully saturated rings. The average molecular weight is 219 g/mol. The Morgan fingerprint density at radius 3 is 2.07 bits per heavy atom. The minimum Gasteiger partial charge on any atom is -0.466 e. The third-order valence-corrected chi connectivity index (χ3v) is 1.22. The lowest BCUT2D eigenvalue weighted by Crippen LogP contribution is -2.18. The van der Waals surface area contributed by atoms with Crippen LogP contribution in [-0.4, -0.2) is 25.7 Å². The molecule has 0 aliphatic carbocycles. The second-order valence-electron chi connectivity index (χ2n) is 2.32. The molecule has 0 amide bonds. The number of hydrogen-bond donors (Lipinski definition) is 1. The topological polar surface area (TPSA) is 38.3 Å². The Balaban J connectivity index is -0.000000318. The third kappa shape index (κ3) is 24.7. The van der Waals surface area contributed by atoms with Crippen molar-refractivity contribution in [1.82, 2.24) is 5.32 Å². The SMILES string of the molecule is CC.CC.CCCOC(=O)CCNCC. The van der Waals surface area contributed by atoms with Crippen molar-refractivity contribution in [2.75, 3.05) is 19.7 Å². The molecule has 3 heteroatoms. The smallest absolute Gasteiger partial charge is 0.307 e. The molecule has 0 heterocycles. The number of hydrogen-bond acceptors (Lipinski definition) is 3. The van der Waals surface area contributed by atoms with Crippen molar-refractivity contribution >= 4 is 5.97 Å². The zero-order valence-electron chi connectivity index (χ0n) is 11.4. The third-order valence-electron chi connectivity index (χ3n) is 1.22. The summed E-state index contributed by atoms with van der Waals surface area (Å²) in [5.74, 6) is -0.104. The largest absolute Gasteiger partial charge is 0.466 e. The molecule has 94 valence electrons. The van der Waals surface area contributed by atoms with Crippen LogP contribution in [0.1, 0.15) is 54.4 Å². The molecule has 0 aromatic carbocycles. The first kappa shape index (κ1) is 19.9. The highest BCUT2D eigenvalue weighted by Gasteiger charge is 1.99. The lowest BCUT2D eigenvalue weighted by molar-refractivity contribution is -0.143. The quantitative estimate of drug-likeness (QED) is 0.551. The van der Waals surface area contributed by atoms with Gasteiger partial charge >= 0.3 is 5.97 Å². The summed E-state index contributed by atoms with van der Waals surface area (Å²) in [5, 5.41) is 3.05. The van der Waals surface area contributed by atoms with Gasteiger partial charge in [0.15, 0.2) is 0 Å². The highest BCUT2D eigenvalue weighted by Crippen LogP contribution is 1.86. The van der Waals surface area contributed by atoms with Gasteiger partial charge in [-0.15, -0.1) is 0 Å². The van der Waals surface area contributed by atoms with E-state index in [-0.39, 0.29) is 5.97 Å². The highest BCUT2D eigenvalue weighted by molar-refractivity contribution is 5.69. The van der Waals surface area contributed by atoms with Crippen molar-refractivity contribution < 1.29 is 9.53 Å². The molecule has 3 nitrogen and oxygen atoms in total. The van der Waals surface area contributed by atoms with E-state index in [1.54, 1.807) is 0 Å². The Kier molecular flexibility index (Phi) is 31.0. The Hall–Kier alpha value is -0.570. The molecule has 0 aromatic heterocycles. The fourth-order valence-electron chi connectivity index (χ4n) is 0.655. The summed E-state index contributed by atoms with van der Waals surface area (Å²) in [7, 11) is 0. The molecule has 15 heavy (non-hydrogen) atoms. The molecule has 0 saturated heterocycles. The van der Waals surface area contributed by atoms with E-state index >= 15 is 0 Å². The van der Waals surface area contributed by atoms with Crippen LogP contribution in [0.4, 0.5) is 0 Å². The monoisotopic (exact) mass is 219 g/mol. The maximum Gasteiger partial charge on any atom is 0.307 e. The van der Waals surface area contributed by atoms with Crippen molar-refractivity contribution in [1.29, 1.82) is 0 Å². The van der Waals surface area contributed by atoms with E-state index in [0.717, 1.165) is 19.5 Å². The van der Waals surface area contributed by atoms with Crippen LogP contribution in [0.2, 0.25) is 0 Å². The summed E-state index contributed by atoms with van der Waals surface area (Å²) >= 11 is 0. The molecule has 0 aliphatic rings. The van der Waals surface area contributed by atoms with Crippen LogP contribution in [-0.2, 0) is 9.53 Å². The molecule has 0 bridgehead atoms. The van der Waals surface area contributed by atoms with Gasteiger partial charge in [0.05, 0.1) is 13.0 Å². The number of ether oxygens (including phenoxy) is 1. The average Bonchev–Trinajstić information content (AvgIpc) is 2.32. The first-order valence-corrected chi connectivity index (χ1v) is 6.17. The van der Waals surface area contributed by atoms with Gasteiger partial charge in [-0.25, -0.2) is 0 Å². The van der Waals surface area contributed by atoms with Crippen molar-refractivity contribution in [3.05, 3.63) is 0 Å². The van der Waals surface area contributed by atoms with Gasteiger partial charge in [0.1, 0.15) is 0 Å². The minimum atomic E-state index is -0.104. The van der Waals surface area contributed by atoms with Crippen LogP contribution in [0.15, 0.2) is 0 Å². The molecule has 0 rings (SSSR count). The Bertz CT molecular complexity index is 106. The summed E-state index contributed by atoms with van der Waals surface area (Å²) < 4.78 is 4.86. The minimum absolute atomic E-state index is 0.104. The second kappa shape index (κ2) is 23.3. The zero-order chi connectivity index (χ0) is 12.5. The van der Waals surface area contributed by atoms with Gasteiger partial charge in [0, 0.05) is 6.54 Å². The van der Waals surface area contributed by atoms with E-state index < -0.39 is 0 Å². The summed E-state index contributed by atoms with van der Waals surface area (Å²) in [6.45, 7) is 14.2. The van der Waals surface area contributed by atoms with E-state index in [0.29, 0.717) is 13.0 Å². The van der Waals surface area contributed by atoms with Gasteiger partial charge in [-0.2, -0.15) is 0 Å². The van der Waals surface area contributed by atoms with E-state index in [2.05, 4.69) is 5.32 Å². The van der Waals surface area contributed by atoms with Crippen LogP contribution in [0.5, 0.6) is 0 Å². The zero-order valence-corrected chi connectivity index (χ0v) is 11.4. The predicted molar refractivity (Wildman–Crippen MR) is 67.1 cm³/mol.